The molecule has 0 aliphatic carbocycles. The normalized spacial score (nSPS) is 10.8. The molecule has 0 aliphatic heterocycles. The van der Waals surface area contributed by atoms with Gasteiger partial charge in [-0.1, -0.05) is 11.8 Å². The Balaban J connectivity index is 2.52. The first-order valence-corrected chi connectivity index (χ1v) is 5.04. The standard InChI is InChI=1S/C10H6F2N2S/c11-10(12)15-9-5-14-8-2-1-6(4-13)3-7(8)9/h1-3,5,10,14H. The zero-order valence-corrected chi connectivity index (χ0v) is 8.31. The van der Waals surface area contributed by atoms with Gasteiger partial charge in [0.25, 0.3) is 5.76 Å². The lowest BCUT2D eigenvalue weighted by Gasteiger charge is -1.97. The van der Waals surface area contributed by atoms with Gasteiger partial charge >= 0.3 is 0 Å². The molecule has 76 valence electrons. The predicted molar refractivity (Wildman–Crippen MR) is 54.9 cm³/mol. The van der Waals surface area contributed by atoms with Gasteiger partial charge in [-0.05, 0) is 18.2 Å². The molecule has 1 aromatic carbocycles. The fraction of sp³-hybridized carbons (Fsp3) is 0.100. The van der Waals surface area contributed by atoms with Crippen molar-refractivity contribution in [3.8, 4) is 6.07 Å². The summed E-state index contributed by atoms with van der Waals surface area (Å²) in [6.07, 6.45) is 1.53. The van der Waals surface area contributed by atoms with Crippen molar-refractivity contribution >= 4 is 22.7 Å². The van der Waals surface area contributed by atoms with E-state index >= 15 is 0 Å². The van der Waals surface area contributed by atoms with Crippen LogP contribution in [0.15, 0.2) is 29.3 Å². The lowest BCUT2D eigenvalue weighted by atomic mass is 10.2. The number of alkyl halides is 2. The Hall–Kier alpha value is -1.54. The van der Waals surface area contributed by atoms with E-state index in [9.17, 15) is 8.78 Å². The minimum absolute atomic E-state index is 0.470. The van der Waals surface area contributed by atoms with E-state index in [2.05, 4.69) is 4.98 Å². The largest absolute Gasteiger partial charge is 0.360 e. The van der Waals surface area contributed by atoms with Crippen LogP contribution in [0.5, 0.6) is 0 Å². The predicted octanol–water partition coefficient (Wildman–Crippen LogP) is 3.35. The summed E-state index contributed by atoms with van der Waals surface area (Å²) in [5.41, 5.74) is 1.23. The molecule has 2 nitrogen and oxygen atoms in total. The van der Waals surface area contributed by atoms with Crippen molar-refractivity contribution in [1.82, 2.24) is 4.98 Å². The van der Waals surface area contributed by atoms with Crippen molar-refractivity contribution in [2.75, 3.05) is 0 Å². The molecule has 15 heavy (non-hydrogen) atoms. The maximum Gasteiger partial charge on any atom is 0.288 e. The molecule has 0 amide bonds. The molecular formula is C10H6F2N2S. The Morgan fingerprint density at radius 2 is 2.20 bits per heavy atom. The summed E-state index contributed by atoms with van der Waals surface area (Å²) in [4.78, 5) is 3.35. The summed E-state index contributed by atoms with van der Waals surface area (Å²) in [6.45, 7) is 0. The molecule has 0 unspecified atom stereocenters. The van der Waals surface area contributed by atoms with E-state index in [0.29, 0.717) is 27.6 Å². The van der Waals surface area contributed by atoms with Crippen LogP contribution in [0.1, 0.15) is 5.56 Å². The van der Waals surface area contributed by atoms with Gasteiger partial charge in [0.05, 0.1) is 11.6 Å². The van der Waals surface area contributed by atoms with Gasteiger partial charge in [0.15, 0.2) is 0 Å². The van der Waals surface area contributed by atoms with E-state index in [0.717, 1.165) is 5.52 Å². The average Bonchev–Trinajstić information content (AvgIpc) is 2.60. The zero-order chi connectivity index (χ0) is 10.8. The molecule has 0 bridgehead atoms. The number of nitriles is 1. The number of H-pyrrole nitrogens is 1. The van der Waals surface area contributed by atoms with Crippen LogP contribution in [0, 0.1) is 11.3 Å². The molecule has 5 heteroatoms. The molecule has 0 atom stereocenters. The first-order valence-electron chi connectivity index (χ1n) is 4.17. The molecule has 0 aliphatic rings. The van der Waals surface area contributed by atoms with Gasteiger partial charge in [-0.3, -0.25) is 0 Å². The number of nitrogens with zero attached hydrogens (tertiary/aromatic N) is 1. The van der Waals surface area contributed by atoms with Crippen molar-refractivity contribution in [2.45, 2.75) is 10.7 Å². The van der Waals surface area contributed by atoms with Crippen LogP contribution in [0.4, 0.5) is 8.78 Å². The van der Waals surface area contributed by atoms with Crippen molar-refractivity contribution < 1.29 is 8.78 Å². The molecule has 1 aromatic heterocycles. The van der Waals surface area contributed by atoms with Crippen LogP contribution in [-0.4, -0.2) is 10.7 Å². The minimum Gasteiger partial charge on any atom is -0.360 e. The molecule has 2 rings (SSSR count). The SMILES string of the molecule is N#Cc1ccc2[nH]cc(SC(F)F)c2c1. The van der Waals surface area contributed by atoms with Crippen LogP contribution >= 0.6 is 11.8 Å². The first kappa shape index (κ1) is 9.99. The Morgan fingerprint density at radius 1 is 1.40 bits per heavy atom. The quantitative estimate of drug-likeness (QED) is 0.794. The Morgan fingerprint density at radius 3 is 2.87 bits per heavy atom. The van der Waals surface area contributed by atoms with Crippen LogP contribution in [-0.2, 0) is 0 Å². The summed E-state index contributed by atoms with van der Waals surface area (Å²) >= 11 is 0.480. The van der Waals surface area contributed by atoms with E-state index in [1.165, 1.54) is 6.20 Å². The van der Waals surface area contributed by atoms with Crippen LogP contribution in [0.3, 0.4) is 0 Å². The maximum absolute atomic E-state index is 12.2. The van der Waals surface area contributed by atoms with Crippen LogP contribution in [0.2, 0.25) is 0 Å². The summed E-state index contributed by atoms with van der Waals surface area (Å²) in [6, 6.07) is 6.95. The Labute approximate surface area is 88.9 Å². The Kier molecular flexibility index (Phi) is 2.60. The molecule has 0 fully saturated rings. The van der Waals surface area contributed by atoms with E-state index in [1.54, 1.807) is 18.2 Å². The van der Waals surface area contributed by atoms with Gasteiger partial charge in [0, 0.05) is 22.0 Å². The summed E-state index contributed by atoms with van der Waals surface area (Å²) in [5, 5.41) is 9.36. The van der Waals surface area contributed by atoms with Gasteiger partial charge < -0.3 is 4.98 Å². The third-order valence-corrected chi connectivity index (χ3v) is 2.76. The number of nitrogens with one attached hydrogen (secondary N) is 1. The average molecular weight is 224 g/mol. The summed E-state index contributed by atoms with van der Waals surface area (Å²) in [5.74, 6) is -2.45. The number of fused-ring (bicyclic) bond motifs is 1. The van der Waals surface area contributed by atoms with Gasteiger partial charge in [-0.25, -0.2) is 0 Å². The van der Waals surface area contributed by atoms with E-state index < -0.39 is 5.76 Å². The first-order chi connectivity index (χ1) is 7.20. The third-order valence-electron chi connectivity index (χ3n) is 1.99. The van der Waals surface area contributed by atoms with Gasteiger partial charge in [0.1, 0.15) is 0 Å². The topological polar surface area (TPSA) is 39.6 Å². The van der Waals surface area contributed by atoms with E-state index in [-0.39, 0.29) is 0 Å². The number of rotatable bonds is 2. The molecule has 2 aromatic rings. The highest BCUT2D eigenvalue weighted by Crippen LogP contribution is 2.32. The third kappa shape index (κ3) is 1.95. The highest BCUT2D eigenvalue weighted by Gasteiger charge is 2.10. The highest BCUT2D eigenvalue weighted by atomic mass is 32.2. The molecule has 1 N–H and O–H groups in total. The second-order valence-corrected chi connectivity index (χ2v) is 3.94. The fourth-order valence-corrected chi connectivity index (χ4v) is 1.97. The number of aromatic nitrogens is 1. The van der Waals surface area contributed by atoms with Crippen LogP contribution < -0.4 is 0 Å². The van der Waals surface area contributed by atoms with Crippen molar-refractivity contribution in [2.24, 2.45) is 0 Å². The van der Waals surface area contributed by atoms with Gasteiger partial charge in [0.2, 0.25) is 0 Å². The number of halogens is 2. The molecular weight excluding hydrogens is 218 g/mol. The molecule has 0 saturated heterocycles. The molecule has 1 heterocycles. The second-order valence-electron chi connectivity index (χ2n) is 2.90. The Bertz CT molecular complexity index is 528. The monoisotopic (exact) mass is 224 g/mol. The number of thioether (sulfide) groups is 1. The number of benzene rings is 1. The minimum atomic E-state index is -2.45. The van der Waals surface area contributed by atoms with E-state index in [1.807, 2.05) is 6.07 Å². The van der Waals surface area contributed by atoms with E-state index in [4.69, 9.17) is 5.26 Å². The second kappa shape index (κ2) is 3.91. The smallest absolute Gasteiger partial charge is 0.288 e. The number of aromatic amines is 1. The lowest BCUT2D eigenvalue weighted by Crippen LogP contribution is -1.80. The summed E-state index contributed by atoms with van der Waals surface area (Å²) < 4.78 is 24.4. The highest BCUT2D eigenvalue weighted by molar-refractivity contribution is 7.99. The summed E-state index contributed by atoms with van der Waals surface area (Å²) in [7, 11) is 0. The molecule has 0 radical (unpaired) electrons. The molecule has 0 spiro atoms. The lowest BCUT2D eigenvalue weighted by molar-refractivity contribution is 0.252. The van der Waals surface area contributed by atoms with Crippen molar-refractivity contribution in [1.29, 1.82) is 5.26 Å². The van der Waals surface area contributed by atoms with Gasteiger partial charge in [-0.2, -0.15) is 14.0 Å². The van der Waals surface area contributed by atoms with Gasteiger partial charge in [-0.15, -0.1) is 0 Å². The zero-order valence-electron chi connectivity index (χ0n) is 7.50. The maximum atomic E-state index is 12.2. The van der Waals surface area contributed by atoms with Crippen LogP contribution in [0.25, 0.3) is 10.9 Å². The number of hydrogen-bond donors (Lipinski definition) is 1. The van der Waals surface area contributed by atoms with Crippen molar-refractivity contribution in [3.63, 3.8) is 0 Å². The molecule has 0 saturated carbocycles. The fourth-order valence-electron chi connectivity index (χ4n) is 1.36. The van der Waals surface area contributed by atoms with Crippen molar-refractivity contribution in [3.05, 3.63) is 30.0 Å². The number of hydrogen-bond acceptors (Lipinski definition) is 2.